The minimum Gasteiger partial charge on any atom is -0.480 e. The zero-order chi connectivity index (χ0) is 22.1. The summed E-state index contributed by atoms with van der Waals surface area (Å²) in [5, 5.41) is 14.0. The predicted octanol–water partition coefficient (Wildman–Crippen LogP) is -2.55. The molecule has 1 fully saturated rings. The number of rotatable bonds is 10. The molecule has 1 rings (SSSR count). The SMILES string of the molecule is CC(N)C(=O)N1CCCC1C(=O)NC(CCCN=C(N)N)C(=O)NC(C)C(=O)O. The molecule has 0 bridgehead atoms. The highest BCUT2D eigenvalue weighted by Gasteiger charge is 2.36. The van der Waals surface area contributed by atoms with Crippen LogP contribution in [0.3, 0.4) is 0 Å². The molecule has 9 N–H and O–H groups in total. The Morgan fingerprint density at radius 1 is 1.21 bits per heavy atom. The lowest BCUT2D eigenvalue weighted by molar-refractivity contribution is -0.142. The van der Waals surface area contributed by atoms with E-state index in [1.807, 2.05) is 0 Å². The van der Waals surface area contributed by atoms with Crippen LogP contribution in [0.25, 0.3) is 0 Å². The van der Waals surface area contributed by atoms with Gasteiger partial charge in [0.15, 0.2) is 5.96 Å². The highest BCUT2D eigenvalue weighted by molar-refractivity contribution is 5.94. The number of carbonyl (C=O) groups excluding carboxylic acids is 3. The summed E-state index contributed by atoms with van der Waals surface area (Å²) in [5.41, 5.74) is 16.2. The Morgan fingerprint density at radius 3 is 2.41 bits per heavy atom. The first-order valence-corrected chi connectivity index (χ1v) is 9.49. The van der Waals surface area contributed by atoms with Crippen molar-refractivity contribution in [1.82, 2.24) is 15.5 Å². The van der Waals surface area contributed by atoms with Crippen molar-refractivity contribution in [1.29, 1.82) is 0 Å². The molecule has 4 atom stereocenters. The maximum atomic E-state index is 12.7. The number of aliphatic carboxylic acids is 1. The second-order valence-electron chi connectivity index (χ2n) is 7.06. The fraction of sp³-hybridized carbons (Fsp3) is 0.706. The Morgan fingerprint density at radius 2 is 1.86 bits per heavy atom. The van der Waals surface area contributed by atoms with Gasteiger partial charge in [0.1, 0.15) is 18.1 Å². The van der Waals surface area contributed by atoms with Gasteiger partial charge in [-0.05, 0) is 39.5 Å². The normalized spacial score (nSPS) is 19.0. The van der Waals surface area contributed by atoms with E-state index in [4.69, 9.17) is 22.3 Å². The minimum atomic E-state index is -1.20. The maximum Gasteiger partial charge on any atom is 0.325 e. The van der Waals surface area contributed by atoms with E-state index in [-0.39, 0.29) is 24.8 Å². The van der Waals surface area contributed by atoms with Crippen molar-refractivity contribution in [2.75, 3.05) is 13.1 Å². The average Bonchev–Trinajstić information content (AvgIpc) is 3.12. The lowest BCUT2D eigenvalue weighted by Gasteiger charge is -2.27. The summed E-state index contributed by atoms with van der Waals surface area (Å²) in [6.45, 7) is 3.52. The third-order valence-electron chi connectivity index (χ3n) is 4.54. The number of likely N-dealkylation sites (tertiary alicyclic amines) is 1. The van der Waals surface area contributed by atoms with Crippen molar-refractivity contribution in [3.8, 4) is 0 Å². The van der Waals surface area contributed by atoms with E-state index in [9.17, 15) is 19.2 Å². The van der Waals surface area contributed by atoms with E-state index in [1.165, 1.54) is 11.8 Å². The number of carboxylic acids is 1. The van der Waals surface area contributed by atoms with E-state index < -0.39 is 42.0 Å². The molecule has 1 aliphatic heterocycles. The van der Waals surface area contributed by atoms with Gasteiger partial charge in [-0.1, -0.05) is 0 Å². The van der Waals surface area contributed by atoms with Gasteiger partial charge in [-0.15, -0.1) is 0 Å². The fourth-order valence-corrected chi connectivity index (χ4v) is 2.98. The van der Waals surface area contributed by atoms with Crippen molar-refractivity contribution in [2.45, 2.75) is 63.7 Å². The van der Waals surface area contributed by atoms with Crippen LogP contribution in [0.1, 0.15) is 39.5 Å². The Kier molecular flexibility index (Phi) is 9.32. The third kappa shape index (κ3) is 7.56. The fourth-order valence-electron chi connectivity index (χ4n) is 2.98. The Hall–Kier alpha value is -2.89. The van der Waals surface area contributed by atoms with Gasteiger partial charge in [0.25, 0.3) is 0 Å². The first kappa shape index (κ1) is 24.1. The van der Waals surface area contributed by atoms with Gasteiger partial charge in [-0.3, -0.25) is 24.2 Å². The Bertz CT molecular complexity index is 648. The minimum absolute atomic E-state index is 0.0921. The number of hydrogen-bond donors (Lipinski definition) is 6. The number of nitrogens with two attached hydrogens (primary N) is 3. The molecule has 164 valence electrons. The standard InChI is InChI=1S/C17H31N7O5/c1-9(18)15(27)24-8-4-6-12(24)14(26)23-11(5-3-7-21-17(19)20)13(25)22-10(2)16(28)29/h9-12H,3-8,18H2,1-2H3,(H,22,25)(H,23,26)(H,28,29)(H4,19,20,21). The molecule has 3 amide bonds. The molecule has 0 spiro atoms. The molecule has 1 heterocycles. The highest BCUT2D eigenvalue weighted by atomic mass is 16.4. The van der Waals surface area contributed by atoms with Crippen LogP contribution in [0.4, 0.5) is 0 Å². The summed E-state index contributed by atoms with van der Waals surface area (Å²) in [6, 6.07) is -3.58. The van der Waals surface area contributed by atoms with Crippen LogP contribution < -0.4 is 27.8 Å². The van der Waals surface area contributed by atoms with E-state index in [0.717, 1.165) is 0 Å². The van der Waals surface area contributed by atoms with Crippen molar-refractivity contribution >= 4 is 29.7 Å². The van der Waals surface area contributed by atoms with Gasteiger partial charge >= 0.3 is 5.97 Å². The third-order valence-corrected chi connectivity index (χ3v) is 4.54. The Balaban J connectivity index is 2.84. The van der Waals surface area contributed by atoms with E-state index >= 15 is 0 Å². The molecule has 12 nitrogen and oxygen atoms in total. The summed E-state index contributed by atoms with van der Waals surface area (Å²) >= 11 is 0. The van der Waals surface area contributed by atoms with Crippen LogP contribution in [0.15, 0.2) is 4.99 Å². The first-order chi connectivity index (χ1) is 13.5. The molecule has 4 unspecified atom stereocenters. The predicted molar refractivity (Wildman–Crippen MR) is 105 cm³/mol. The van der Waals surface area contributed by atoms with Crippen LogP contribution in [-0.4, -0.2) is 76.9 Å². The number of amides is 3. The summed E-state index contributed by atoms with van der Waals surface area (Å²) in [6.07, 6.45) is 1.67. The smallest absolute Gasteiger partial charge is 0.325 e. The summed E-state index contributed by atoms with van der Waals surface area (Å²) in [4.78, 5) is 53.7. The largest absolute Gasteiger partial charge is 0.480 e. The molecule has 1 aliphatic rings. The van der Waals surface area contributed by atoms with Crippen LogP contribution in [0, 0.1) is 0 Å². The molecule has 0 radical (unpaired) electrons. The number of carboxylic acid groups (broad SMARTS) is 1. The molecule has 0 saturated carbocycles. The van der Waals surface area contributed by atoms with Gasteiger partial charge in [0.05, 0.1) is 6.04 Å². The highest BCUT2D eigenvalue weighted by Crippen LogP contribution is 2.18. The zero-order valence-corrected chi connectivity index (χ0v) is 16.8. The maximum absolute atomic E-state index is 12.7. The van der Waals surface area contributed by atoms with E-state index in [2.05, 4.69) is 15.6 Å². The number of nitrogens with one attached hydrogen (secondary N) is 2. The van der Waals surface area contributed by atoms with Gasteiger partial charge in [-0.2, -0.15) is 0 Å². The zero-order valence-electron chi connectivity index (χ0n) is 16.8. The molecule has 29 heavy (non-hydrogen) atoms. The van der Waals surface area contributed by atoms with Crippen molar-refractivity contribution < 1.29 is 24.3 Å². The summed E-state index contributed by atoms with van der Waals surface area (Å²) < 4.78 is 0. The second kappa shape index (κ2) is 11.2. The van der Waals surface area contributed by atoms with Crippen LogP contribution in [0.5, 0.6) is 0 Å². The lowest BCUT2D eigenvalue weighted by atomic mass is 10.1. The lowest BCUT2D eigenvalue weighted by Crippen LogP contribution is -2.56. The quantitative estimate of drug-likeness (QED) is 0.127. The molecular formula is C17H31N7O5. The number of carbonyl (C=O) groups is 4. The van der Waals surface area contributed by atoms with Gasteiger partial charge in [0, 0.05) is 13.1 Å². The van der Waals surface area contributed by atoms with Crippen LogP contribution in [0.2, 0.25) is 0 Å². The molecule has 12 heteroatoms. The molecular weight excluding hydrogens is 382 g/mol. The monoisotopic (exact) mass is 413 g/mol. The van der Waals surface area contributed by atoms with Crippen molar-refractivity contribution in [3.05, 3.63) is 0 Å². The Labute approximate surface area is 169 Å². The van der Waals surface area contributed by atoms with Gasteiger partial charge in [0.2, 0.25) is 17.7 Å². The molecule has 1 saturated heterocycles. The number of guanidine groups is 1. The average molecular weight is 413 g/mol. The van der Waals surface area contributed by atoms with Crippen LogP contribution in [-0.2, 0) is 19.2 Å². The molecule has 0 aliphatic carbocycles. The van der Waals surface area contributed by atoms with Crippen molar-refractivity contribution in [2.24, 2.45) is 22.2 Å². The topological polar surface area (TPSA) is 206 Å². The van der Waals surface area contributed by atoms with Crippen molar-refractivity contribution in [3.63, 3.8) is 0 Å². The number of hydrogen-bond acceptors (Lipinski definition) is 6. The van der Waals surface area contributed by atoms with E-state index in [1.54, 1.807) is 6.92 Å². The second-order valence-corrected chi connectivity index (χ2v) is 7.06. The van der Waals surface area contributed by atoms with Gasteiger partial charge in [-0.25, -0.2) is 0 Å². The van der Waals surface area contributed by atoms with Gasteiger partial charge < -0.3 is 37.8 Å². The van der Waals surface area contributed by atoms with E-state index in [0.29, 0.717) is 25.8 Å². The first-order valence-electron chi connectivity index (χ1n) is 9.49. The number of nitrogens with zero attached hydrogens (tertiary/aromatic N) is 2. The molecule has 0 aromatic heterocycles. The number of aliphatic imine (C=N–C) groups is 1. The molecule has 0 aromatic rings. The van der Waals surface area contributed by atoms with Crippen LogP contribution >= 0.6 is 0 Å². The summed E-state index contributed by atoms with van der Waals surface area (Å²) in [7, 11) is 0. The molecule has 0 aromatic carbocycles. The summed E-state index contributed by atoms with van der Waals surface area (Å²) in [5.74, 6) is -2.75.